The quantitative estimate of drug-likeness (QED) is 0.929. The molecule has 1 amide bonds. The number of methoxy groups -OCH3 is 1. The van der Waals surface area contributed by atoms with Gasteiger partial charge in [-0.1, -0.05) is 0 Å². The molecule has 0 saturated carbocycles. The fourth-order valence-corrected chi connectivity index (χ4v) is 1.18. The molecule has 0 fully saturated rings. The van der Waals surface area contributed by atoms with Crippen LogP contribution in [0.5, 0.6) is 0 Å². The van der Waals surface area contributed by atoms with Crippen molar-refractivity contribution in [2.75, 3.05) is 12.4 Å². The van der Waals surface area contributed by atoms with Gasteiger partial charge in [0.25, 0.3) is 5.91 Å². The van der Waals surface area contributed by atoms with Crippen LogP contribution in [0.25, 0.3) is 0 Å². The second-order valence-electron chi connectivity index (χ2n) is 3.99. The van der Waals surface area contributed by atoms with Crippen molar-refractivity contribution in [1.82, 2.24) is 4.98 Å². The van der Waals surface area contributed by atoms with Crippen LogP contribution in [-0.2, 0) is 9.53 Å². The summed E-state index contributed by atoms with van der Waals surface area (Å²) in [6, 6.07) is 1.80. The summed E-state index contributed by atoms with van der Waals surface area (Å²) < 4.78 is 5.99. The average Bonchev–Trinajstić information content (AvgIpc) is 2.23. The van der Waals surface area contributed by atoms with Crippen LogP contribution in [-0.4, -0.2) is 23.6 Å². The molecule has 5 heteroatoms. The number of ether oxygens (including phenoxy) is 1. The van der Waals surface area contributed by atoms with Crippen LogP contribution < -0.4 is 5.32 Å². The number of hydrogen-bond acceptors (Lipinski definition) is 3. The summed E-state index contributed by atoms with van der Waals surface area (Å²) in [7, 11) is 1.50. The van der Waals surface area contributed by atoms with E-state index in [1.165, 1.54) is 7.11 Å². The lowest BCUT2D eigenvalue weighted by Gasteiger charge is -2.21. The molecule has 0 atom stereocenters. The number of carbonyl (C=O) groups excluding carboxylic acids is 1. The van der Waals surface area contributed by atoms with E-state index in [2.05, 4.69) is 26.2 Å². The Morgan fingerprint density at radius 2 is 2.19 bits per heavy atom. The maximum Gasteiger partial charge on any atom is 0.257 e. The molecule has 0 unspecified atom stereocenters. The van der Waals surface area contributed by atoms with Gasteiger partial charge in [-0.2, -0.15) is 0 Å². The van der Waals surface area contributed by atoms with Gasteiger partial charge in [0.15, 0.2) is 0 Å². The Kier molecular flexibility index (Phi) is 4.04. The van der Waals surface area contributed by atoms with E-state index in [4.69, 9.17) is 4.74 Å². The van der Waals surface area contributed by atoms with Crippen molar-refractivity contribution in [3.8, 4) is 0 Å². The molecule has 88 valence electrons. The Labute approximate surface area is 104 Å². The van der Waals surface area contributed by atoms with E-state index in [0.29, 0.717) is 5.82 Å². The lowest BCUT2D eigenvalue weighted by molar-refractivity contribution is -0.133. The highest BCUT2D eigenvalue weighted by atomic mass is 79.9. The maximum atomic E-state index is 11.8. The summed E-state index contributed by atoms with van der Waals surface area (Å²) in [5, 5.41) is 2.71. The molecule has 0 saturated heterocycles. The van der Waals surface area contributed by atoms with E-state index >= 15 is 0 Å². The molecule has 0 aliphatic carbocycles. The Balaban J connectivity index is 2.82. The third kappa shape index (κ3) is 3.02. The number of nitrogens with zero attached hydrogens (tertiary/aromatic N) is 1. The number of carbonyl (C=O) groups is 1. The highest BCUT2D eigenvalue weighted by Gasteiger charge is 2.27. The smallest absolute Gasteiger partial charge is 0.257 e. The number of aryl methyl sites for hydroxylation is 1. The third-order valence-corrected chi connectivity index (χ3v) is 3.18. The molecule has 1 heterocycles. The maximum absolute atomic E-state index is 11.8. The van der Waals surface area contributed by atoms with Crippen molar-refractivity contribution in [2.45, 2.75) is 26.4 Å². The van der Waals surface area contributed by atoms with Gasteiger partial charge in [-0.3, -0.25) is 4.79 Å². The van der Waals surface area contributed by atoms with Gasteiger partial charge in [-0.15, -0.1) is 0 Å². The minimum absolute atomic E-state index is 0.218. The third-order valence-electron chi connectivity index (χ3n) is 2.35. The van der Waals surface area contributed by atoms with E-state index < -0.39 is 5.60 Å². The summed E-state index contributed by atoms with van der Waals surface area (Å²) in [6.45, 7) is 5.34. The van der Waals surface area contributed by atoms with Gasteiger partial charge >= 0.3 is 0 Å². The zero-order chi connectivity index (χ0) is 12.3. The normalized spacial score (nSPS) is 11.3. The standard InChI is InChI=1S/C11H15BrN2O2/c1-7-5-9(13-6-8(7)12)14-10(15)11(2,3)16-4/h5-6H,1-4H3,(H,13,14,15). The van der Waals surface area contributed by atoms with Crippen molar-refractivity contribution < 1.29 is 9.53 Å². The number of hydrogen-bond donors (Lipinski definition) is 1. The number of halogens is 1. The van der Waals surface area contributed by atoms with Crippen LogP contribution in [0.4, 0.5) is 5.82 Å². The number of rotatable bonds is 3. The van der Waals surface area contributed by atoms with Gasteiger partial charge in [0.1, 0.15) is 11.4 Å². The van der Waals surface area contributed by atoms with Gasteiger partial charge in [-0.25, -0.2) is 4.98 Å². The van der Waals surface area contributed by atoms with E-state index in [1.807, 2.05) is 6.92 Å². The zero-order valence-corrected chi connectivity index (χ0v) is 11.4. The van der Waals surface area contributed by atoms with Crippen molar-refractivity contribution in [3.63, 3.8) is 0 Å². The number of amides is 1. The first-order valence-corrected chi connectivity index (χ1v) is 5.65. The fraction of sp³-hybridized carbons (Fsp3) is 0.455. The average molecular weight is 287 g/mol. The summed E-state index contributed by atoms with van der Waals surface area (Å²) in [4.78, 5) is 15.9. The minimum atomic E-state index is -0.858. The van der Waals surface area contributed by atoms with Crippen LogP contribution >= 0.6 is 15.9 Å². The number of pyridine rings is 1. The highest BCUT2D eigenvalue weighted by Crippen LogP contribution is 2.18. The molecular formula is C11H15BrN2O2. The number of anilines is 1. The summed E-state index contributed by atoms with van der Waals surface area (Å²) >= 11 is 3.35. The van der Waals surface area contributed by atoms with Gasteiger partial charge in [-0.05, 0) is 48.3 Å². The van der Waals surface area contributed by atoms with Crippen molar-refractivity contribution in [3.05, 3.63) is 22.3 Å². The van der Waals surface area contributed by atoms with Gasteiger partial charge in [0.05, 0.1) is 0 Å². The van der Waals surface area contributed by atoms with E-state index in [9.17, 15) is 4.79 Å². The monoisotopic (exact) mass is 286 g/mol. The molecular weight excluding hydrogens is 272 g/mol. The van der Waals surface area contributed by atoms with E-state index in [-0.39, 0.29) is 5.91 Å². The number of aromatic nitrogens is 1. The molecule has 1 aromatic rings. The molecule has 0 spiro atoms. The Bertz CT molecular complexity index is 405. The molecule has 0 aliphatic heterocycles. The topological polar surface area (TPSA) is 51.2 Å². The highest BCUT2D eigenvalue weighted by molar-refractivity contribution is 9.10. The van der Waals surface area contributed by atoms with E-state index in [0.717, 1.165) is 10.0 Å². The van der Waals surface area contributed by atoms with Gasteiger partial charge in [0.2, 0.25) is 0 Å². The van der Waals surface area contributed by atoms with E-state index in [1.54, 1.807) is 26.1 Å². The van der Waals surface area contributed by atoms with Gasteiger partial charge < -0.3 is 10.1 Å². The van der Waals surface area contributed by atoms with Crippen molar-refractivity contribution >= 4 is 27.7 Å². The Morgan fingerprint density at radius 1 is 1.56 bits per heavy atom. The molecule has 4 nitrogen and oxygen atoms in total. The second kappa shape index (κ2) is 4.93. The predicted octanol–water partition coefficient (Wildman–Crippen LogP) is 2.52. The SMILES string of the molecule is COC(C)(C)C(=O)Nc1cc(C)c(Br)cn1. The molecule has 1 aromatic heterocycles. The lowest BCUT2D eigenvalue weighted by Crippen LogP contribution is -2.39. The Morgan fingerprint density at radius 3 is 2.69 bits per heavy atom. The van der Waals surface area contributed by atoms with Crippen LogP contribution in [0.15, 0.2) is 16.7 Å². The van der Waals surface area contributed by atoms with Gasteiger partial charge in [0, 0.05) is 17.8 Å². The van der Waals surface area contributed by atoms with Crippen LogP contribution in [0.3, 0.4) is 0 Å². The van der Waals surface area contributed by atoms with Crippen molar-refractivity contribution in [2.24, 2.45) is 0 Å². The first-order chi connectivity index (χ1) is 7.36. The molecule has 0 radical (unpaired) electrons. The molecule has 0 bridgehead atoms. The molecule has 0 aromatic carbocycles. The van der Waals surface area contributed by atoms with Crippen LogP contribution in [0, 0.1) is 6.92 Å². The first kappa shape index (κ1) is 13.1. The Hall–Kier alpha value is -0.940. The zero-order valence-electron chi connectivity index (χ0n) is 9.80. The molecule has 1 rings (SSSR count). The second-order valence-corrected chi connectivity index (χ2v) is 4.84. The lowest BCUT2D eigenvalue weighted by atomic mass is 10.1. The predicted molar refractivity (Wildman–Crippen MR) is 66.4 cm³/mol. The minimum Gasteiger partial charge on any atom is -0.369 e. The van der Waals surface area contributed by atoms with Crippen molar-refractivity contribution in [1.29, 1.82) is 0 Å². The van der Waals surface area contributed by atoms with Crippen LogP contribution in [0.1, 0.15) is 19.4 Å². The number of nitrogens with one attached hydrogen (secondary N) is 1. The fourth-order valence-electron chi connectivity index (χ4n) is 0.967. The first-order valence-electron chi connectivity index (χ1n) is 4.85. The summed E-state index contributed by atoms with van der Waals surface area (Å²) in [5.41, 5.74) is 0.156. The largest absolute Gasteiger partial charge is 0.369 e. The molecule has 1 N–H and O–H groups in total. The van der Waals surface area contributed by atoms with Crippen LogP contribution in [0.2, 0.25) is 0 Å². The molecule has 0 aliphatic rings. The molecule has 16 heavy (non-hydrogen) atoms. The summed E-state index contributed by atoms with van der Waals surface area (Å²) in [6.07, 6.45) is 1.66. The summed E-state index contributed by atoms with van der Waals surface area (Å²) in [5.74, 6) is 0.306.